The standard InChI is InChI=1S/C21H31N5S.HI/c1-15(13-19-16(2)25-26(5)17(19)3)24-20(22-4)23-14-21(11-12-21)27-18-9-7-6-8-10-18;/h6-10,15H,11-14H2,1-5H3,(H2,22,23,24);1H. The van der Waals surface area contributed by atoms with Gasteiger partial charge in [-0.2, -0.15) is 5.10 Å². The van der Waals surface area contributed by atoms with Crippen LogP contribution in [-0.4, -0.2) is 40.1 Å². The minimum Gasteiger partial charge on any atom is -0.355 e. The first-order chi connectivity index (χ1) is 12.9. The zero-order valence-corrected chi connectivity index (χ0v) is 20.6. The molecule has 1 heterocycles. The minimum absolute atomic E-state index is 0. The number of hydrogen-bond donors (Lipinski definition) is 2. The normalized spacial score (nSPS) is 16.2. The highest BCUT2D eigenvalue weighted by atomic mass is 127. The molecule has 0 amide bonds. The average molecular weight is 513 g/mol. The number of nitrogens with one attached hydrogen (secondary N) is 2. The Morgan fingerprint density at radius 2 is 1.96 bits per heavy atom. The molecular weight excluding hydrogens is 481 g/mol. The highest BCUT2D eigenvalue weighted by Gasteiger charge is 2.43. The zero-order chi connectivity index (χ0) is 19.4. The second-order valence-electron chi connectivity index (χ2n) is 7.55. The molecule has 2 aromatic rings. The van der Waals surface area contributed by atoms with Crippen molar-refractivity contribution in [3.05, 3.63) is 47.3 Å². The van der Waals surface area contributed by atoms with E-state index >= 15 is 0 Å². The van der Waals surface area contributed by atoms with Gasteiger partial charge in [-0.05, 0) is 57.7 Å². The van der Waals surface area contributed by atoms with Gasteiger partial charge in [-0.25, -0.2) is 0 Å². The first-order valence-electron chi connectivity index (χ1n) is 9.63. The van der Waals surface area contributed by atoms with E-state index in [9.17, 15) is 0 Å². The van der Waals surface area contributed by atoms with Gasteiger partial charge in [0.25, 0.3) is 0 Å². The third kappa shape index (κ3) is 5.89. The molecule has 1 unspecified atom stereocenters. The van der Waals surface area contributed by atoms with E-state index in [2.05, 4.69) is 71.8 Å². The summed E-state index contributed by atoms with van der Waals surface area (Å²) in [4.78, 5) is 5.77. The first-order valence-corrected chi connectivity index (χ1v) is 10.4. The van der Waals surface area contributed by atoms with Gasteiger partial charge in [0.2, 0.25) is 0 Å². The summed E-state index contributed by atoms with van der Waals surface area (Å²) >= 11 is 1.98. The van der Waals surface area contributed by atoms with Crippen molar-refractivity contribution < 1.29 is 0 Å². The fourth-order valence-electron chi connectivity index (χ4n) is 3.34. The van der Waals surface area contributed by atoms with Crippen LogP contribution in [0, 0.1) is 13.8 Å². The van der Waals surface area contributed by atoms with Crippen LogP contribution < -0.4 is 10.6 Å². The van der Waals surface area contributed by atoms with E-state index in [1.807, 2.05) is 30.5 Å². The number of guanidine groups is 1. The number of aromatic nitrogens is 2. The lowest BCUT2D eigenvalue weighted by atomic mass is 10.1. The highest BCUT2D eigenvalue weighted by Crippen LogP contribution is 2.51. The van der Waals surface area contributed by atoms with E-state index in [1.54, 1.807) is 0 Å². The molecule has 2 N–H and O–H groups in total. The second kappa shape index (κ2) is 10.0. The van der Waals surface area contributed by atoms with Crippen molar-refractivity contribution in [2.24, 2.45) is 12.0 Å². The molecule has 0 aliphatic heterocycles. The van der Waals surface area contributed by atoms with Crippen molar-refractivity contribution in [1.82, 2.24) is 20.4 Å². The van der Waals surface area contributed by atoms with Crippen molar-refractivity contribution in [3.8, 4) is 0 Å². The highest BCUT2D eigenvalue weighted by molar-refractivity contribution is 14.0. The lowest BCUT2D eigenvalue weighted by molar-refractivity contribution is 0.632. The molecule has 1 saturated carbocycles. The van der Waals surface area contributed by atoms with Crippen LogP contribution in [0.2, 0.25) is 0 Å². The quantitative estimate of drug-likeness (QED) is 0.333. The average Bonchev–Trinajstić information content (AvgIpc) is 3.37. The SMILES string of the molecule is CN=C(NCC1(Sc2ccccc2)CC1)NC(C)Cc1c(C)nn(C)c1C.I. The fraction of sp³-hybridized carbons (Fsp3) is 0.524. The van der Waals surface area contributed by atoms with E-state index < -0.39 is 0 Å². The zero-order valence-electron chi connectivity index (χ0n) is 17.5. The summed E-state index contributed by atoms with van der Waals surface area (Å²) in [5, 5.41) is 11.6. The number of thioether (sulfide) groups is 1. The third-order valence-electron chi connectivity index (χ3n) is 5.24. The summed E-state index contributed by atoms with van der Waals surface area (Å²) in [7, 11) is 3.84. The molecule has 0 radical (unpaired) electrons. The molecule has 7 heteroatoms. The van der Waals surface area contributed by atoms with Gasteiger partial charge in [-0.1, -0.05) is 18.2 Å². The summed E-state index contributed by atoms with van der Waals surface area (Å²) in [5.41, 5.74) is 3.68. The van der Waals surface area contributed by atoms with Crippen molar-refractivity contribution in [3.63, 3.8) is 0 Å². The molecular formula is C21H32IN5S. The molecule has 1 atom stereocenters. The van der Waals surface area contributed by atoms with E-state index in [1.165, 1.54) is 29.0 Å². The second-order valence-corrected chi connectivity index (χ2v) is 9.09. The van der Waals surface area contributed by atoms with Gasteiger partial charge in [0.05, 0.1) is 5.69 Å². The Labute approximate surface area is 190 Å². The smallest absolute Gasteiger partial charge is 0.191 e. The van der Waals surface area contributed by atoms with Gasteiger partial charge >= 0.3 is 0 Å². The van der Waals surface area contributed by atoms with Crippen LogP contribution in [0.3, 0.4) is 0 Å². The van der Waals surface area contributed by atoms with E-state index in [4.69, 9.17) is 0 Å². The number of nitrogens with zero attached hydrogens (tertiary/aromatic N) is 3. The monoisotopic (exact) mass is 513 g/mol. The maximum Gasteiger partial charge on any atom is 0.191 e. The predicted octanol–water partition coefficient (Wildman–Crippen LogP) is 4.08. The Balaban J connectivity index is 0.00000280. The number of benzene rings is 1. The molecule has 3 rings (SSSR count). The van der Waals surface area contributed by atoms with E-state index in [-0.39, 0.29) is 30.0 Å². The summed E-state index contributed by atoms with van der Waals surface area (Å²) in [5.74, 6) is 0.877. The van der Waals surface area contributed by atoms with Crippen LogP contribution in [0.5, 0.6) is 0 Å². The topological polar surface area (TPSA) is 54.2 Å². The molecule has 1 fully saturated rings. The molecule has 28 heavy (non-hydrogen) atoms. The molecule has 5 nitrogen and oxygen atoms in total. The van der Waals surface area contributed by atoms with Gasteiger partial charge in [-0.3, -0.25) is 9.67 Å². The van der Waals surface area contributed by atoms with Gasteiger partial charge in [0.15, 0.2) is 5.96 Å². The Morgan fingerprint density at radius 1 is 1.29 bits per heavy atom. The van der Waals surface area contributed by atoms with Gasteiger partial charge in [-0.15, -0.1) is 35.7 Å². The first kappa shape index (κ1) is 23.1. The molecule has 1 aliphatic rings. The Kier molecular flexibility index (Phi) is 8.24. The van der Waals surface area contributed by atoms with Crippen molar-refractivity contribution in [2.75, 3.05) is 13.6 Å². The van der Waals surface area contributed by atoms with Crippen LogP contribution in [0.25, 0.3) is 0 Å². The summed E-state index contributed by atoms with van der Waals surface area (Å²) in [6.07, 6.45) is 3.44. The Hall–Kier alpha value is -1.22. The molecule has 0 spiro atoms. The predicted molar refractivity (Wildman–Crippen MR) is 130 cm³/mol. The van der Waals surface area contributed by atoms with E-state index in [0.29, 0.717) is 4.75 Å². The van der Waals surface area contributed by atoms with E-state index in [0.717, 1.165) is 24.6 Å². The minimum atomic E-state index is 0. The third-order valence-corrected chi connectivity index (χ3v) is 6.73. The lowest BCUT2D eigenvalue weighted by Gasteiger charge is -2.21. The Morgan fingerprint density at radius 3 is 2.50 bits per heavy atom. The number of halogens is 1. The molecule has 1 aromatic carbocycles. The number of hydrogen-bond acceptors (Lipinski definition) is 3. The molecule has 1 aromatic heterocycles. The largest absolute Gasteiger partial charge is 0.355 e. The van der Waals surface area contributed by atoms with Gasteiger partial charge in [0, 0.05) is 42.0 Å². The molecule has 0 bridgehead atoms. The van der Waals surface area contributed by atoms with Crippen LogP contribution in [0.4, 0.5) is 0 Å². The fourth-order valence-corrected chi connectivity index (χ4v) is 4.58. The van der Waals surface area contributed by atoms with Crippen LogP contribution in [0.1, 0.15) is 36.7 Å². The van der Waals surface area contributed by atoms with Crippen molar-refractivity contribution in [1.29, 1.82) is 0 Å². The number of aliphatic imine (C=N–C) groups is 1. The summed E-state index contributed by atoms with van der Waals surface area (Å²) < 4.78 is 2.26. The van der Waals surface area contributed by atoms with Gasteiger partial charge in [0.1, 0.15) is 0 Å². The van der Waals surface area contributed by atoms with Gasteiger partial charge < -0.3 is 10.6 Å². The maximum atomic E-state index is 4.52. The van der Waals surface area contributed by atoms with Crippen molar-refractivity contribution in [2.45, 2.75) is 55.7 Å². The summed E-state index contributed by atoms with van der Waals surface area (Å²) in [6.45, 7) is 7.35. The van der Waals surface area contributed by atoms with Crippen LogP contribution in [0.15, 0.2) is 40.2 Å². The number of aryl methyl sites for hydroxylation is 2. The maximum absolute atomic E-state index is 4.52. The Bertz CT molecular complexity index is 799. The lowest BCUT2D eigenvalue weighted by Crippen LogP contribution is -2.45. The molecule has 1 aliphatic carbocycles. The summed E-state index contributed by atoms with van der Waals surface area (Å²) in [6, 6.07) is 11.0. The molecule has 0 saturated heterocycles. The van der Waals surface area contributed by atoms with Crippen LogP contribution >= 0.6 is 35.7 Å². The number of rotatable bonds is 7. The molecule has 154 valence electrons. The van der Waals surface area contributed by atoms with Crippen molar-refractivity contribution >= 4 is 41.7 Å². The van der Waals surface area contributed by atoms with Crippen LogP contribution in [-0.2, 0) is 13.5 Å².